The van der Waals surface area contributed by atoms with Gasteiger partial charge in [-0.2, -0.15) is 0 Å². The van der Waals surface area contributed by atoms with Crippen molar-refractivity contribution in [3.8, 4) is 0 Å². The Morgan fingerprint density at radius 2 is 1.69 bits per heavy atom. The van der Waals surface area contributed by atoms with Gasteiger partial charge < -0.3 is 10.1 Å². The van der Waals surface area contributed by atoms with Gasteiger partial charge in [-0.1, -0.05) is 0 Å². The lowest BCUT2D eigenvalue weighted by Crippen LogP contribution is -2.25. The lowest BCUT2D eigenvalue weighted by atomic mass is 10.1. The Kier molecular flexibility index (Phi) is 3.99. The minimum absolute atomic E-state index is 0.437. The van der Waals surface area contributed by atoms with Gasteiger partial charge in [-0.15, -0.1) is 0 Å². The molecule has 0 saturated carbocycles. The minimum atomic E-state index is -0.437. The third-order valence-corrected chi connectivity index (χ3v) is 2.82. The maximum Gasteiger partial charge on any atom is 0.160 e. The summed E-state index contributed by atoms with van der Waals surface area (Å²) in [5, 5.41) is 3.13. The molecule has 0 radical (unpaired) electrons. The number of ether oxygens (including phenoxy) is 1. The van der Waals surface area contributed by atoms with Crippen molar-refractivity contribution in [1.82, 2.24) is 15.3 Å². The van der Waals surface area contributed by atoms with Gasteiger partial charge >= 0.3 is 0 Å². The van der Waals surface area contributed by atoms with Crippen molar-refractivity contribution in [1.29, 1.82) is 0 Å². The maximum absolute atomic E-state index is 5.39. The Bertz CT molecular complexity index is 352. The maximum atomic E-state index is 5.39. The van der Waals surface area contributed by atoms with Crippen LogP contribution in [-0.2, 0) is 16.9 Å². The second-order valence-electron chi connectivity index (χ2n) is 4.44. The molecule has 0 bridgehead atoms. The second-order valence-corrected chi connectivity index (χ2v) is 4.44. The molecule has 1 aromatic heterocycles. The van der Waals surface area contributed by atoms with E-state index in [0.29, 0.717) is 0 Å². The summed E-state index contributed by atoms with van der Waals surface area (Å²) in [4.78, 5) is 9.04. The summed E-state index contributed by atoms with van der Waals surface area (Å²) in [5.41, 5.74) is 2.76. The molecule has 0 aliphatic carbocycles. The average molecular weight is 223 g/mol. The third-order valence-electron chi connectivity index (χ3n) is 2.82. The first-order chi connectivity index (χ1) is 7.42. The fraction of sp³-hybridized carbons (Fsp3) is 0.667. The molecule has 0 spiro atoms. The van der Waals surface area contributed by atoms with Gasteiger partial charge in [0, 0.05) is 30.6 Å². The van der Waals surface area contributed by atoms with E-state index in [9.17, 15) is 0 Å². The lowest BCUT2D eigenvalue weighted by molar-refractivity contribution is 0.0111. The first-order valence-electron chi connectivity index (χ1n) is 5.46. The summed E-state index contributed by atoms with van der Waals surface area (Å²) in [6, 6.07) is 0. The van der Waals surface area contributed by atoms with Crippen LogP contribution in [0.1, 0.15) is 36.6 Å². The predicted molar refractivity (Wildman–Crippen MR) is 64.3 cm³/mol. The third kappa shape index (κ3) is 2.57. The number of hydrogen-bond acceptors (Lipinski definition) is 4. The van der Waals surface area contributed by atoms with Crippen molar-refractivity contribution in [3.05, 3.63) is 22.8 Å². The molecular weight excluding hydrogens is 202 g/mol. The van der Waals surface area contributed by atoms with Gasteiger partial charge in [0.1, 0.15) is 5.60 Å². The van der Waals surface area contributed by atoms with E-state index in [0.717, 1.165) is 29.3 Å². The van der Waals surface area contributed by atoms with Crippen LogP contribution in [0.3, 0.4) is 0 Å². The number of aromatic nitrogens is 2. The van der Waals surface area contributed by atoms with Gasteiger partial charge in [-0.05, 0) is 34.7 Å². The van der Waals surface area contributed by atoms with E-state index in [1.165, 1.54) is 0 Å². The topological polar surface area (TPSA) is 47.0 Å². The Morgan fingerprint density at radius 1 is 1.19 bits per heavy atom. The first-order valence-corrected chi connectivity index (χ1v) is 5.46. The number of rotatable bonds is 4. The van der Waals surface area contributed by atoms with Crippen molar-refractivity contribution < 1.29 is 4.74 Å². The highest BCUT2D eigenvalue weighted by atomic mass is 16.5. The average Bonchev–Trinajstić information content (AvgIpc) is 2.23. The molecular formula is C12H21N3O. The summed E-state index contributed by atoms with van der Waals surface area (Å²) in [6.45, 7) is 8.76. The van der Waals surface area contributed by atoms with Gasteiger partial charge in [0.05, 0.1) is 0 Å². The number of methoxy groups -OCH3 is 1. The molecule has 1 aromatic rings. The monoisotopic (exact) mass is 223 g/mol. The van der Waals surface area contributed by atoms with Gasteiger partial charge in [-0.25, -0.2) is 9.97 Å². The molecule has 0 amide bonds. The minimum Gasteiger partial charge on any atom is -0.371 e. The van der Waals surface area contributed by atoms with Crippen LogP contribution in [0, 0.1) is 13.8 Å². The molecule has 90 valence electrons. The number of hydrogen-bond donors (Lipinski definition) is 1. The van der Waals surface area contributed by atoms with Crippen LogP contribution >= 0.6 is 0 Å². The Labute approximate surface area is 97.5 Å². The van der Waals surface area contributed by atoms with Gasteiger partial charge in [0.15, 0.2) is 5.82 Å². The second kappa shape index (κ2) is 4.89. The molecule has 0 aliphatic heterocycles. The Morgan fingerprint density at radius 3 is 2.06 bits per heavy atom. The zero-order valence-electron chi connectivity index (χ0n) is 11.0. The van der Waals surface area contributed by atoms with Crippen LogP contribution in [0.4, 0.5) is 0 Å². The summed E-state index contributed by atoms with van der Waals surface area (Å²) in [7, 11) is 3.60. The highest BCUT2D eigenvalue weighted by molar-refractivity contribution is 5.25. The molecule has 4 nitrogen and oxygen atoms in total. The van der Waals surface area contributed by atoms with Crippen LogP contribution in [0.15, 0.2) is 0 Å². The smallest absolute Gasteiger partial charge is 0.160 e. The SMILES string of the molecule is CNCc1c(C)nc(C(C)(C)OC)nc1C. The number of nitrogens with zero attached hydrogens (tertiary/aromatic N) is 2. The van der Waals surface area contributed by atoms with Crippen molar-refractivity contribution in [2.75, 3.05) is 14.2 Å². The van der Waals surface area contributed by atoms with Crippen LogP contribution in [0.2, 0.25) is 0 Å². The fourth-order valence-corrected chi connectivity index (χ4v) is 1.53. The van der Waals surface area contributed by atoms with Crippen LogP contribution < -0.4 is 5.32 Å². The molecule has 0 aromatic carbocycles. The van der Waals surface area contributed by atoms with Crippen molar-refractivity contribution in [2.45, 2.75) is 39.8 Å². The van der Waals surface area contributed by atoms with Crippen LogP contribution in [0.5, 0.6) is 0 Å². The lowest BCUT2D eigenvalue weighted by Gasteiger charge is -2.22. The molecule has 0 atom stereocenters. The normalized spacial score (nSPS) is 11.9. The summed E-state index contributed by atoms with van der Waals surface area (Å²) in [6.07, 6.45) is 0. The zero-order chi connectivity index (χ0) is 12.3. The predicted octanol–water partition coefficient (Wildman–Crippen LogP) is 1.69. The quantitative estimate of drug-likeness (QED) is 0.844. The zero-order valence-corrected chi connectivity index (χ0v) is 11.0. The van der Waals surface area contributed by atoms with E-state index in [1.807, 2.05) is 34.7 Å². The number of aryl methyl sites for hydroxylation is 2. The van der Waals surface area contributed by atoms with Gasteiger partial charge in [0.25, 0.3) is 0 Å². The summed E-state index contributed by atoms with van der Waals surface area (Å²) >= 11 is 0. The van der Waals surface area contributed by atoms with Gasteiger partial charge in [0.2, 0.25) is 0 Å². The first kappa shape index (κ1) is 13.1. The molecule has 1 heterocycles. The number of nitrogens with one attached hydrogen (secondary N) is 1. The largest absolute Gasteiger partial charge is 0.371 e. The Balaban J connectivity index is 3.19. The molecule has 0 saturated heterocycles. The van der Waals surface area contributed by atoms with Crippen molar-refractivity contribution >= 4 is 0 Å². The van der Waals surface area contributed by atoms with Gasteiger partial charge in [-0.3, -0.25) is 0 Å². The highest BCUT2D eigenvalue weighted by Gasteiger charge is 2.24. The molecule has 1 rings (SSSR count). The van der Waals surface area contributed by atoms with E-state index in [1.54, 1.807) is 7.11 Å². The summed E-state index contributed by atoms with van der Waals surface area (Å²) < 4.78 is 5.39. The van der Waals surface area contributed by atoms with Crippen molar-refractivity contribution in [2.24, 2.45) is 0 Å². The standard InChI is InChI=1S/C12H21N3O/c1-8-10(7-13-5)9(2)15-11(14-8)12(3,4)16-6/h13H,7H2,1-6H3. The highest BCUT2D eigenvalue weighted by Crippen LogP contribution is 2.22. The fourth-order valence-electron chi connectivity index (χ4n) is 1.53. The van der Waals surface area contributed by atoms with E-state index < -0.39 is 5.60 Å². The molecule has 0 fully saturated rings. The molecule has 4 heteroatoms. The molecule has 16 heavy (non-hydrogen) atoms. The van der Waals surface area contributed by atoms with Crippen LogP contribution in [0.25, 0.3) is 0 Å². The molecule has 1 N–H and O–H groups in total. The Hall–Kier alpha value is -1.00. The van der Waals surface area contributed by atoms with E-state index in [2.05, 4.69) is 15.3 Å². The van der Waals surface area contributed by atoms with E-state index in [4.69, 9.17) is 4.74 Å². The molecule has 0 aliphatic rings. The van der Waals surface area contributed by atoms with Crippen molar-refractivity contribution in [3.63, 3.8) is 0 Å². The molecule has 0 unspecified atom stereocenters. The van der Waals surface area contributed by atoms with Crippen LogP contribution in [-0.4, -0.2) is 24.1 Å². The van der Waals surface area contributed by atoms with E-state index >= 15 is 0 Å². The van der Waals surface area contributed by atoms with E-state index in [-0.39, 0.29) is 0 Å². The summed E-state index contributed by atoms with van der Waals surface area (Å²) in [5.74, 6) is 0.741.